The van der Waals surface area contributed by atoms with Crippen LogP contribution in [0.4, 0.5) is 0 Å². The summed E-state index contributed by atoms with van der Waals surface area (Å²) in [6, 6.07) is 1.70. The van der Waals surface area contributed by atoms with Crippen molar-refractivity contribution in [1.29, 1.82) is 0 Å². The van der Waals surface area contributed by atoms with Gasteiger partial charge < -0.3 is 10.1 Å². The van der Waals surface area contributed by atoms with Crippen molar-refractivity contribution in [3.8, 4) is 0 Å². The number of carbonyl (C=O) groups excluding carboxylic acids is 1. The van der Waals surface area contributed by atoms with Crippen molar-refractivity contribution in [1.82, 2.24) is 20.4 Å². The summed E-state index contributed by atoms with van der Waals surface area (Å²) in [6.45, 7) is 3.36. The topological polar surface area (TPSA) is 70.2 Å². The molecule has 0 aromatic carbocycles. The minimum Gasteiger partial charge on any atom is -0.375 e. The monoisotopic (exact) mass is 222 g/mol. The van der Waals surface area contributed by atoms with Gasteiger partial charge in [-0.25, -0.2) is 0 Å². The molecule has 0 spiro atoms. The molecular weight excluding hydrogens is 208 g/mol. The zero-order valence-electron chi connectivity index (χ0n) is 9.01. The molecule has 16 heavy (non-hydrogen) atoms. The van der Waals surface area contributed by atoms with Gasteiger partial charge >= 0.3 is 0 Å². The highest BCUT2D eigenvalue weighted by atomic mass is 16.5. The smallest absolute Gasteiger partial charge is 0.241 e. The lowest BCUT2D eigenvalue weighted by Gasteiger charge is -2.34. The van der Waals surface area contributed by atoms with Crippen molar-refractivity contribution < 1.29 is 9.53 Å². The fourth-order valence-corrected chi connectivity index (χ4v) is 2.48. The fraction of sp³-hybridized carbons (Fsp3) is 0.600. The number of carbonyl (C=O) groups is 1. The lowest BCUT2D eigenvalue weighted by atomic mass is 10.1. The molecule has 1 unspecified atom stereocenters. The Morgan fingerprint density at radius 3 is 3.25 bits per heavy atom. The van der Waals surface area contributed by atoms with Crippen LogP contribution in [0.5, 0.6) is 0 Å². The summed E-state index contributed by atoms with van der Waals surface area (Å²) in [5, 5.41) is 9.78. The lowest BCUT2D eigenvalue weighted by molar-refractivity contribution is -0.129. The summed E-state index contributed by atoms with van der Waals surface area (Å²) < 4.78 is 5.50. The van der Waals surface area contributed by atoms with Crippen molar-refractivity contribution >= 4 is 5.91 Å². The number of aromatic amines is 1. The van der Waals surface area contributed by atoms with Gasteiger partial charge in [0.25, 0.3) is 0 Å². The van der Waals surface area contributed by atoms with Crippen LogP contribution in [0.15, 0.2) is 12.3 Å². The maximum absolute atomic E-state index is 11.9. The molecule has 0 saturated carbocycles. The summed E-state index contributed by atoms with van der Waals surface area (Å²) >= 11 is 0. The normalized spacial score (nSPS) is 34.8. The third-order valence-electron chi connectivity index (χ3n) is 3.23. The molecule has 3 rings (SSSR count). The van der Waals surface area contributed by atoms with Gasteiger partial charge in [-0.05, 0) is 13.0 Å². The molecule has 2 saturated heterocycles. The lowest BCUT2D eigenvalue weighted by Crippen LogP contribution is -2.49. The van der Waals surface area contributed by atoms with Crippen molar-refractivity contribution in [3.63, 3.8) is 0 Å². The Hall–Kier alpha value is -1.40. The highest BCUT2D eigenvalue weighted by Gasteiger charge is 2.46. The molecule has 2 fully saturated rings. The second kappa shape index (κ2) is 3.57. The predicted octanol–water partition coefficient (Wildman–Crippen LogP) is -0.373. The zero-order chi connectivity index (χ0) is 11.1. The van der Waals surface area contributed by atoms with Crippen molar-refractivity contribution in [3.05, 3.63) is 18.0 Å². The van der Waals surface area contributed by atoms with Gasteiger partial charge in [0.2, 0.25) is 5.91 Å². The molecule has 86 valence electrons. The number of fused-ring (bicyclic) bond motifs is 1. The van der Waals surface area contributed by atoms with Crippen LogP contribution in [-0.4, -0.2) is 46.3 Å². The van der Waals surface area contributed by atoms with Crippen molar-refractivity contribution in [2.45, 2.75) is 25.2 Å². The first-order valence-electron chi connectivity index (χ1n) is 5.44. The van der Waals surface area contributed by atoms with Gasteiger partial charge in [-0.15, -0.1) is 0 Å². The summed E-state index contributed by atoms with van der Waals surface area (Å²) in [7, 11) is 0. The molecule has 6 heteroatoms. The first-order valence-corrected chi connectivity index (χ1v) is 5.44. The van der Waals surface area contributed by atoms with Crippen LogP contribution < -0.4 is 5.32 Å². The van der Waals surface area contributed by atoms with Crippen LogP contribution in [0.1, 0.15) is 18.8 Å². The van der Waals surface area contributed by atoms with Crippen LogP contribution >= 0.6 is 0 Å². The summed E-state index contributed by atoms with van der Waals surface area (Å²) in [5.41, 5.74) is 0.921. The van der Waals surface area contributed by atoms with Crippen LogP contribution in [0.2, 0.25) is 0 Å². The molecule has 0 aliphatic carbocycles. The molecular formula is C10H14N4O2. The quantitative estimate of drug-likeness (QED) is 0.680. The number of nitrogens with zero attached hydrogens (tertiary/aromatic N) is 2. The second-order valence-electron chi connectivity index (χ2n) is 4.18. The van der Waals surface area contributed by atoms with E-state index >= 15 is 0 Å². The minimum atomic E-state index is -0.179. The first-order chi connectivity index (χ1) is 7.77. The molecule has 1 amide bonds. The Bertz CT molecular complexity index is 392. The summed E-state index contributed by atoms with van der Waals surface area (Å²) in [6.07, 6.45) is 1.55. The number of morpholine rings is 1. The number of ether oxygens (including phenoxy) is 1. The molecule has 6 nitrogen and oxygen atoms in total. The average Bonchev–Trinajstić information content (AvgIpc) is 2.86. The molecule has 1 aromatic rings. The SMILES string of the molecule is C[C@H]1OCCN2C(c3ccn[nH]3)NC(=O)[C@H]12. The Morgan fingerprint density at radius 1 is 1.62 bits per heavy atom. The highest BCUT2D eigenvalue weighted by molar-refractivity contribution is 5.85. The van der Waals surface area contributed by atoms with E-state index in [-0.39, 0.29) is 24.2 Å². The van der Waals surface area contributed by atoms with Gasteiger partial charge in [0.15, 0.2) is 0 Å². The van der Waals surface area contributed by atoms with E-state index < -0.39 is 0 Å². The summed E-state index contributed by atoms with van der Waals surface area (Å²) in [4.78, 5) is 14.0. The van der Waals surface area contributed by atoms with Crippen LogP contribution in [0.3, 0.4) is 0 Å². The molecule has 2 N–H and O–H groups in total. The predicted molar refractivity (Wildman–Crippen MR) is 55.4 cm³/mol. The molecule has 0 bridgehead atoms. The van der Waals surface area contributed by atoms with Gasteiger partial charge in [0, 0.05) is 12.7 Å². The van der Waals surface area contributed by atoms with Crippen molar-refractivity contribution in [2.24, 2.45) is 0 Å². The van der Waals surface area contributed by atoms with E-state index in [9.17, 15) is 4.79 Å². The van der Waals surface area contributed by atoms with Crippen LogP contribution in [0, 0.1) is 0 Å². The molecule has 1 aromatic heterocycles. The summed E-state index contributed by atoms with van der Waals surface area (Å²) in [5.74, 6) is 0.0341. The molecule has 3 atom stereocenters. The zero-order valence-corrected chi connectivity index (χ0v) is 9.01. The molecule has 0 radical (unpaired) electrons. The van der Waals surface area contributed by atoms with E-state index in [1.54, 1.807) is 6.20 Å². The van der Waals surface area contributed by atoms with Crippen LogP contribution in [0.25, 0.3) is 0 Å². The Balaban J connectivity index is 1.90. The first kappa shape index (κ1) is 9.80. The van der Waals surface area contributed by atoms with E-state index in [1.165, 1.54) is 0 Å². The molecule has 3 heterocycles. The maximum atomic E-state index is 11.9. The standard InChI is InChI=1S/C10H14N4O2/c1-6-8-10(15)12-9(7-2-3-11-13-7)14(8)4-5-16-6/h2-3,6,8-9H,4-5H2,1H3,(H,11,13)(H,12,15)/t6-,8+,9?/m1/s1. The van der Waals surface area contributed by atoms with E-state index in [2.05, 4.69) is 20.4 Å². The average molecular weight is 222 g/mol. The van der Waals surface area contributed by atoms with Gasteiger partial charge in [-0.2, -0.15) is 5.10 Å². The number of nitrogens with one attached hydrogen (secondary N) is 2. The Morgan fingerprint density at radius 2 is 2.50 bits per heavy atom. The van der Waals surface area contributed by atoms with E-state index in [0.717, 1.165) is 12.2 Å². The number of hydrogen-bond donors (Lipinski definition) is 2. The third-order valence-corrected chi connectivity index (χ3v) is 3.23. The van der Waals surface area contributed by atoms with E-state index in [1.807, 2.05) is 13.0 Å². The number of H-pyrrole nitrogens is 1. The molecule has 2 aliphatic rings. The van der Waals surface area contributed by atoms with Gasteiger partial charge in [-0.1, -0.05) is 0 Å². The number of rotatable bonds is 1. The third kappa shape index (κ3) is 1.34. The van der Waals surface area contributed by atoms with Gasteiger partial charge in [-0.3, -0.25) is 14.8 Å². The second-order valence-corrected chi connectivity index (χ2v) is 4.18. The van der Waals surface area contributed by atoms with Gasteiger partial charge in [0.1, 0.15) is 12.2 Å². The van der Waals surface area contributed by atoms with Crippen molar-refractivity contribution in [2.75, 3.05) is 13.2 Å². The largest absolute Gasteiger partial charge is 0.375 e. The number of hydrogen-bond acceptors (Lipinski definition) is 4. The van der Waals surface area contributed by atoms with Crippen LogP contribution in [-0.2, 0) is 9.53 Å². The number of aromatic nitrogens is 2. The van der Waals surface area contributed by atoms with E-state index in [4.69, 9.17) is 4.74 Å². The number of amides is 1. The Labute approximate surface area is 93.0 Å². The molecule has 2 aliphatic heterocycles. The van der Waals surface area contributed by atoms with E-state index in [0.29, 0.717) is 6.61 Å². The minimum absolute atomic E-state index is 0.0341. The highest BCUT2D eigenvalue weighted by Crippen LogP contribution is 2.29. The van der Waals surface area contributed by atoms with Gasteiger partial charge in [0.05, 0.1) is 18.4 Å². The maximum Gasteiger partial charge on any atom is 0.241 e. The Kier molecular flexibility index (Phi) is 2.19. The fourth-order valence-electron chi connectivity index (χ4n) is 2.48.